The molecule has 0 saturated carbocycles. The van der Waals surface area contributed by atoms with E-state index in [9.17, 15) is 23.1 Å². The molecule has 1 aliphatic rings. The molecule has 8 nitrogen and oxygen atoms in total. The predicted molar refractivity (Wildman–Crippen MR) is 106 cm³/mol. The lowest BCUT2D eigenvalue weighted by atomic mass is 10.0. The highest BCUT2D eigenvalue weighted by Crippen LogP contribution is 2.25. The molecule has 9 heteroatoms. The van der Waals surface area contributed by atoms with Gasteiger partial charge in [0.15, 0.2) is 0 Å². The van der Waals surface area contributed by atoms with Crippen LogP contribution in [0.15, 0.2) is 53.4 Å². The highest BCUT2D eigenvalue weighted by molar-refractivity contribution is 7.89. The van der Waals surface area contributed by atoms with Crippen molar-refractivity contribution in [3.63, 3.8) is 0 Å². The van der Waals surface area contributed by atoms with Crippen LogP contribution in [0, 0.1) is 6.92 Å². The summed E-state index contributed by atoms with van der Waals surface area (Å²) in [6.45, 7) is 2.09. The van der Waals surface area contributed by atoms with Crippen LogP contribution < -0.4 is 10.9 Å². The fourth-order valence-corrected chi connectivity index (χ4v) is 4.89. The monoisotopic (exact) mass is 417 g/mol. The van der Waals surface area contributed by atoms with Crippen molar-refractivity contribution in [3.8, 4) is 5.75 Å². The minimum Gasteiger partial charge on any atom is -0.507 e. The zero-order chi connectivity index (χ0) is 21.0. The van der Waals surface area contributed by atoms with Gasteiger partial charge < -0.3 is 5.11 Å². The third-order valence-electron chi connectivity index (χ3n) is 4.83. The lowest BCUT2D eigenvalue weighted by Crippen LogP contribution is -2.55. The van der Waals surface area contributed by atoms with E-state index in [1.807, 2.05) is 6.92 Å². The average molecular weight is 417 g/mol. The van der Waals surface area contributed by atoms with E-state index in [1.54, 1.807) is 24.3 Å². The quantitative estimate of drug-likeness (QED) is 0.655. The van der Waals surface area contributed by atoms with Gasteiger partial charge in [0.2, 0.25) is 10.0 Å². The van der Waals surface area contributed by atoms with E-state index in [-0.39, 0.29) is 22.8 Å². The lowest BCUT2D eigenvalue weighted by Gasteiger charge is -2.33. The lowest BCUT2D eigenvalue weighted by molar-refractivity contribution is -0.126. The summed E-state index contributed by atoms with van der Waals surface area (Å²) in [7, 11) is -3.85. The topological polar surface area (TPSA) is 116 Å². The maximum atomic E-state index is 13.0. The van der Waals surface area contributed by atoms with E-state index in [2.05, 4.69) is 10.9 Å². The number of sulfonamides is 1. The first-order valence-electron chi connectivity index (χ1n) is 9.27. The van der Waals surface area contributed by atoms with E-state index >= 15 is 0 Å². The maximum Gasteiger partial charge on any atom is 0.273 e. The Morgan fingerprint density at radius 3 is 2.41 bits per heavy atom. The molecule has 1 aliphatic heterocycles. The fraction of sp³-hybridized carbons (Fsp3) is 0.300. The molecule has 2 amide bonds. The number of benzene rings is 2. The molecule has 29 heavy (non-hydrogen) atoms. The maximum absolute atomic E-state index is 13.0. The van der Waals surface area contributed by atoms with Gasteiger partial charge in [-0.2, -0.15) is 4.31 Å². The Kier molecular flexibility index (Phi) is 6.19. The van der Waals surface area contributed by atoms with Crippen molar-refractivity contribution in [1.29, 1.82) is 0 Å². The Bertz CT molecular complexity index is 1010. The molecule has 1 atom stereocenters. The first-order valence-corrected chi connectivity index (χ1v) is 10.7. The highest BCUT2D eigenvalue weighted by Gasteiger charge is 2.37. The van der Waals surface area contributed by atoms with Crippen LogP contribution in [0.5, 0.6) is 5.75 Å². The molecule has 0 radical (unpaired) electrons. The van der Waals surface area contributed by atoms with Crippen molar-refractivity contribution in [2.24, 2.45) is 0 Å². The van der Waals surface area contributed by atoms with Crippen LogP contribution in [0.2, 0.25) is 0 Å². The number of carbonyl (C=O) groups excluding carboxylic acids is 2. The number of phenols is 1. The molecule has 154 valence electrons. The van der Waals surface area contributed by atoms with E-state index < -0.39 is 27.9 Å². The fourth-order valence-electron chi connectivity index (χ4n) is 3.24. The van der Waals surface area contributed by atoms with Crippen LogP contribution in [0.25, 0.3) is 0 Å². The summed E-state index contributed by atoms with van der Waals surface area (Å²) in [6, 6.07) is 11.4. The molecule has 3 rings (SSSR count). The number of aromatic hydroxyl groups is 1. The van der Waals surface area contributed by atoms with Gasteiger partial charge in [0.05, 0.1) is 10.5 Å². The third kappa shape index (κ3) is 4.57. The van der Waals surface area contributed by atoms with Gasteiger partial charge in [0, 0.05) is 6.54 Å². The number of para-hydroxylation sites is 1. The van der Waals surface area contributed by atoms with E-state index in [0.717, 1.165) is 5.56 Å². The zero-order valence-corrected chi connectivity index (χ0v) is 16.8. The molecule has 2 aromatic carbocycles. The summed E-state index contributed by atoms with van der Waals surface area (Å²) in [5, 5.41) is 9.73. The van der Waals surface area contributed by atoms with Gasteiger partial charge >= 0.3 is 0 Å². The van der Waals surface area contributed by atoms with E-state index in [0.29, 0.717) is 19.3 Å². The first-order chi connectivity index (χ1) is 13.8. The van der Waals surface area contributed by atoms with Crippen LogP contribution in [0.3, 0.4) is 0 Å². The molecular weight excluding hydrogens is 394 g/mol. The van der Waals surface area contributed by atoms with Crippen molar-refractivity contribution in [3.05, 3.63) is 59.7 Å². The standard InChI is InChI=1S/C20H23N3O5S/c1-14-9-11-15(12-10-14)29(27,28)23-13-5-4-7-17(23)20(26)22-21-19(25)16-6-2-3-8-18(16)24/h2-3,6,8-12,17,24H,4-5,7,13H2,1H3,(H,21,25)(H,22,26)/t17-/m0/s1. The van der Waals surface area contributed by atoms with Crippen LogP contribution in [0.4, 0.5) is 0 Å². The second-order valence-electron chi connectivity index (χ2n) is 6.90. The SMILES string of the molecule is Cc1ccc(S(=O)(=O)N2CCCC[C@H]2C(=O)NNC(=O)c2ccccc2O)cc1. The zero-order valence-electron chi connectivity index (χ0n) is 16.0. The number of rotatable bonds is 4. The van der Waals surface area contributed by atoms with Gasteiger partial charge in [-0.1, -0.05) is 36.2 Å². The highest BCUT2D eigenvalue weighted by atomic mass is 32.2. The Morgan fingerprint density at radius 1 is 1.03 bits per heavy atom. The van der Waals surface area contributed by atoms with Crippen LogP contribution in [0.1, 0.15) is 35.2 Å². The van der Waals surface area contributed by atoms with Crippen molar-refractivity contribution in [1.82, 2.24) is 15.2 Å². The van der Waals surface area contributed by atoms with Gasteiger partial charge in [-0.15, -0.1) is 0 Å². The normalized spacial score (nSPS) is 17.5. The number of nitrogens with zero attached hydrogens (tertiary/aromatic N) is 1. The summed E-state index contributed by atoms with van der Waals surface area (Å²) >= 11 is 0. The Morgan fingerprint density at radius 2 is 1.72 bits per heavy atom. The van der Waals surface area contributed by atoms with Crippen LogP contribution >= 0.6 is 0 Å². The molecule has 1 saturated heterocycles. The van der Waals surface area contributed by atoms with E-state index in [4.69, 9.17) is 0 Å². The summed E-state index contributed by atoms with van der Waals surface area (Å²) in [5.74, 6) is -1.54. The molecule has 0 aliphatic carbocycles. The van der Waals surface area contributed by atoms with Gasteiger partial charge in [0.1, 0.15) is 11.8 Å². The summed E-state index contributed by atoms with van der Waals surface area (Å²) < 4.78 is 27.3. The van der Waals surface area contributed by atoms with Crippen molar-refractivity contribution < 1.29 is 23.1 Å². The Hall–Kier alpha value is -2.91. The van der Waals surface area contributed by atoms with Gasteiger partial charge in [-0.25, -0.2) is 8.42 Å². The van der Waals surface area contributed by atoms with Gasteiger partial charge in [0.25, 0.3) is 11.8 Å². The van der Waals surface area contributed by atoms with E-state index in [1.165, 1.54) is 28.6 Å². The number of hydrazine groups is 1. The first kappa shape index (κ1) is 20.8. The third-order valence-corrected chi connectivity index (χ3v) is 6.75. The number of nitrogens with one attached hydrogen (secondary N) is 2. The summed E-state index contributed by atoms with van der Waals surface area (Å²) in [4.78, 5) is 25.0. The molecule has 2 aromatic rings. The predicted octanol–water partition coefficient (Wildman–Crippen LogP) is 1.71. The van der Waals surface area contributed by atoms with Crippen molar-refractivity contribution in [2.45, 2.75) is 37.1 Å². The van der Waals surface area contributed by atoms with Crippen molar-refractivity contribution in [2.75, 3.05) is 6.54 Å². The average Bonchev–Trinajstić information content (AvgIpc) is 2.72. The molecule has 0 bridgehead atoms. The van der Waals surface area contributed by atoms with Crippen LogP contribution in [-0.2, 0) is 14.8 Å². The number of piperidine rings is 1. The molecule has 1 fully saturated rings. The number of hydrogen-bond acceptors (Lipinski definition) is 5. The largest absolute Gasteiger partial charge is 0.507 e. The number of phenolic OH excluding ortho intramolecular Hbond substituents is 1. The number of hydrogen-bond donors (Lipinski definition) is 3. The Labute approximate surface area is 169 Å². The van der Waals surface area contributed by atoms with Gasteiger partial charge in [-0.3, -0.25) is 20.4 Å². The molecule has 0 unspecified atom stereocenters. The second kappa shape index (κ2) is 8.62. The number of aryl methyl sites for hydroxylation is 1. The summed E-state index contributed by atoms with van der Waals surface area (Å²) in [5.41, 5.74) is 5.46. The molecular formula is C20H23N3O5S. The minimum absolute atomic E-state index is 0.000534. The van der Waals surface area contributed by atoms with Crippen LogP contribution in [-0.4, -0.2) is 42.2 Å². The number of amides is 2. The molecule has 3 N–H and O–H groups in total. The second-order valence-corrected chi connectivity index (χ2v) is 8.79. The van der Waals surface area contributed by atoms with Gasteiger partial charge in [-0.05, 0) is 44.0 Å². The smallest absolute Gasteiger partial charge is 0.273 e. The summed E-state index contributed by atoms with van der Waals surface area (Å²) in [6.07, 6.45) is 1.70. The van der Waals surface area contributed by atoms with Crippen molar-refractivity contribution >= 4 is 21.8 Å². The molecule has 1 heterocycles. The molecule has 0 aromatic heterocycles. The molecule has 0 spiro atoms. The number of carbonyl (C=O) groups is 2. The Balaban J connectivity index is 1.73. The minimum atomic E-state index is -3.85.